The summed E-state index contributed by atoms with van der Waals surface area (Å²) >= 11 is 0. The number of rotatable bonds is 2. The summed E-state index contributed by atoms with van der Waals surface area (Å²) < 4.78 is 5.20. The summed E-state index contributed by atoms with van der Waals surface area (Å²) in [5, 5.41) is 4.10. The number of nitrogens with zero attached hydrogens (tertiary/aromatic N) is 3. The highest BCUT2D eigenvalue weighted by molar-refractivity contribution is 5.05. The van der Waals surface area contributed by atoms with E-state index in [1.54, 1.807) is 0 Å². The second kappa shape index (κ2) is 4.07. The first-order valence-electron chi connectivity index (χ1n) is 6.46. The average Bonchev–Trinajstić information content (AvgIpc) is 2.83. The fourth-order valence-electron chi connectivity index (χ4n) is 3.22. The van der Waals surface area contributed by atoms with Crippen molar-refractivity contribution in [3.05, 3.63) is 11.7 Å². The van der Waals surface area contributed by atoms with E-state index in [4.69, 9.17) is 10.3 Å². The number of hydrogen-bond donors (Lipinski definition) is 1. The summed E-state index contributed by atoms with van der Waals surface area (Å²) in [7, 11) is 2.24. The summed E-state index contributed by atoms with van der Waals surface area (Å²) in [6.07, 6.45) is 4.95. The number of piperidine rings is 1. The van der Waals surface area contributed by atoms with Gasteiger partial charge in [-0.2, -0.15) is 4.98 Å². The number of nitrogens with two attached hydrogens (primary N) is 1. The third-order valence-electron chi connectivity index (χ3n) is 4.31. The maximum atomic E-state index is 5.74. The molecule has 1 aromatic rings. The Bertz CT molecular complexity index is 389. The number of fused-ring (bicyclic) bond motifs is 2. The Morgan fingerprint density at radius 3 is 2.53 bits per heavy atom. The zero-order chi connectivity index (χ0) is 12.0. The molecule has 1 aromatic heterocycles. The molecule has 0 radical (unpaired) electrons. The van der Waals surface area contributed by atoms with Crippen molar-refractivity contribution in [3.8, 4) is 0 Å². The predicted octanol–water partition coefficient (Wildman–Crippen LogP) is 1.43. The molecule has 2 aliphatic rings. The van der Waals surface area contributed by atoms with Crippen LogP contribution in [0.25, 0.3) is 0 Å². The smallest absolute Gasteiger partial charge is 0.243 e. The second-order valence-electron chi connectivity index (χ2n) is 5.50. The lowest BCUT2D eigenvalue weighted by molar-refractivity contribution is 0.157. The summed E-state index contributed by atoms with van der Waals surface area (Å²) in [4.78, 5) is 6.95. The van der Waals surface area contributed by atoms with Crippen LogP contribution in [0.5, 0.6) is 0 Å². The van der Waals surface area contributed by atoms with Crippen LogP contribution in [0.1, 0.15) is 56.3 Å². The fraction of sp³-hybridized carbons (Fsp3) is 0.833. The molecule has 2 saturated heterocycles. The summed E-state index contributed by atoms with van der Waals surface area (Å²) in [6, 6.07) is 1.24. The molecular weight excluding hydrogens is 216 g/mol. The monoisotopic (exact) mass is 236 g/mol. The van der Waals surface area contributed by atoms with Crippen molar-refractivity contribution in [2.45, 2.75) is 56.7 Å². The molecule has 0 aliphatic carbocycles. The lowest BCUT2D eigenvalue weighted by Gasteiger charge is -2.34. The Morgan fingerprint density at radius 1 is 1.35 bits per heavy atom. The molecule has 3 heterocycles. The highest BCUT2D eigenvalue weighted by atomic mass is 16.5. The molecule has 5 heteroatoms. The van der Waals surface area contributed by atoms with Crippen LogP contribution < -0.4 is 5.73 Å². The van der Waals surface area contributed by atoms with Gasteiger partial charge in [0.1, 0.15) is 0 Å². The van der Waals surface area contributed by atoms with Gasteiger partial charge in [-0.05, 0) is 39.7 Å². The number of hydrogen-bond acceptors (Lipinski definition) is 5. The first kappa shape index (κ1) is 11.2. The van der Waals surface area contributed by atoms with Crippen molar-refractivity contribution in [2.24, 2.45) is 5.73 Å². The van der Waals surface area contributed by atoms with Crippen molar-refractivity contribution >= 4 is 0 Å². The van der Waals surface area contributed by atoms with Crippen molar-refractivity contribution in [1.29, 1.82) is 0 Å². The lowest BCUT2D eigenvalue weighted by Crippen LogP contribution is -2.39. The van der Waals surface area contributed by atoms with Gasteiger partial charge in [-0.1, -0.05) is 5.16 Å². The molecule has 0 aromatic carbocycles. The van der Waals surface area contributed by atoms with Crippen LogP contribution in [0, 0.1) is 0 Å². The van der Waals surface area contributed by atoms with Crippen molar-refractivity contribution in [3.63, 3.8) is 0 Å². The van der Waals surface area contributed by atoms with Crippen LogP contribution in [0.15, 0.2) is 4.52 Å². The van der Waals surface area contributed by atoms with Gasteiger partial charge in [0.05, 0.1) is 6.04 Å². The minimum atomic E-state index is -0.167. The van der Waals surface area contributed by atoms with Crippen molar-refractivity contribution in [1.82, 2.24) is 15.0 Å². The molecule has 0 amide bonds. The number of aromatic nitrogens is 2. The molecule has 2 N–H and O–H groups in total. The Kier molecular flexibility index (Phi) is 2.67. The Morgan fingerprint density at radius 2 is 2.00 bits per heavy atom. The molecule has 2 aliphatic heterocycles. The van der Waals surface area contributed by atoms with Gasteiger partial charge in [0.25, 0.3) is 0 Å². The molecule has 2 bridgehead atoms. The normalized spacial score (nSPS) is 35.1. The van der Waals surface area contributed by atoms with Gasteiger partial charge >= 0.3 is 0 Å². The van der Waals surface area contributed by atoms with Crippen LogP contribution in [0.2, 0.25) is 0 Å². The van der Waals surface area contributed by atoms with Crippen LogP contribution in [-0.2, 0) is 0 Å². The Hall–Kier alpha value is -0.940. The van der Waals surface area contributed by atoms with E-state index in [0.717, 1.165) is 18.7 Å². The molecule has 5 nitrogen and oxygen atoms in total. The largest absolute Gasteiger partial charge is 0.338 e. The van der Waals surface area contributed by atoms with Gasteiger partial charge in [0.15, 0.2) is 5.82 Å². The van der Waals surface area contributed by atoms with Gasteiger partial charge in [0.2, 0.25) is 5.89 Å². The van der Waals surface area contributed by atoms with E-state index in [1.165, 1.54) is 12.8 Å². The van der Waals surface area contributed by atoms with E-state index < -0.39 is 0 Å². The van der Waals surface area contributed by atoms with Gasteiger partial charge < -0.3 is 15.2 Å². The van der Waals surface area contributed by atoms with Gasteiger partial charge in [-0.25, -0.2) is 0 Å². The van der Waals surface area contributed by atoms with Crippen LogP contribution >= 0.6 is 0 Å². The standard InChI is InChI=1S/C12H20N4O/c1-7(13)12-14-11(15-17-12)8-5-9-3-4-10(6-8)16(9)2/h7-10H,3-6,13H2,1-2H3/t7-,8?,9?,10?/m1/s1. The predicted molar refractivity (Wildman–Crippen MR) is 63.4 cm³/mol. The molecule has 0 spiro atoms. The minimum absolute atomic E-state index is 0.167. The zero-order valence-electron chi connectivity index (χ0n) is 10.5. The van der Waals surface area contributed by atoms with E-state index in [1.807, 2.05) is 6.92 Å². The molecule has 17 heavy (non-hydrogen) atoms. The first-order valence-corrected chi connectivity index (χ1v) is 6.46. The fourth-order valence-corrected chi connectivity index (χ4v) is 3.22. The summed E-state index contributed by atoms with van der Waals surface area (Å²) in [5.74, 6) is 1.88. The van der Waals surface area contributed by atoms with Crippen LogP contribution in [0.4, 0.5) is 0 Å². The Balaban J connectivity index is 1.77. The molecule has 2 unspecified atom stereocenters. The third kappa shape index (κ3) is 1.87. The topological polar surface area (TPSA) is 68.2 Å². The highest BCUT2D eigenvalue weighted by Crippen LogP contribution is 2.41. The van der Waals surface area contributed by atoms with Crippen molar-refractivity contribution < 1.29 is 4.52 Å². The van der Waals surface area contributed by atoms with Gasteiger partial charge in [-0.15, -0.1) is 0 Å². The van der Waals surface area contributed by atoms with E-state index in [0.29, 0.717) is 23.9 Å². The molecule has 3 atom stereocenters. The molecule has 94 valence electrons. The lowest BCUT2D eigenvalue weighted by atomic mass is 9.90. The molecule has 3 rings (SSSR count). The first-order chi connectivity index (χ1) is 8.15. The molecule has 0 saturated carbocycles. The maximum absolute atomic E-state index is 5.74. The van der Waals surface area contributed by atoms with E-state index in [2.05, 4.69) is 22.1 Å². The maximum Gasteiger partial charge on any atom is 0.243 e. The molecular formula is C12H20N4O. The van der Waals surface area contributed by atoms with E-state index in [-0.39, 0.29) is 6.04 Å². The average molecular weight is 236 g/mol. The van der Waals surface area contributed by atoms with E-state index >= 15 is 0 Å². The van der Waals surface area contributed by atoms with Gasteiger partial charge in [-0.3, -0.25) is 0 Å². The quantitative estimate of drug-likeness (QED) is 0.841. The highest BCUT2D eigenvalue weighted by Gasteiger charge is 2.40. The second-order valence-corrected chi connectivity index (χ2v) is 5.50. The van der Waals surface area contributed by atoms with Crippen LogP contribution in [-0.4, -0.2) is 34.2 Å². The molecule has 2 fully saturated rings. The SMILES string of the molecule is C[C@@H](N)c1nc(C2CC3CCC(C2)N3C)no1. The summed E-state index contributed by atoms with van der Waals surface area (Å²) in [6.45, 7) is 1.87. The Labute approximate surface area is 101 Å². The third-order valence-corrected chi connectivity index (χ3v) is 4.31. The van der Waals surface area contributed by atoms with Crippen LogP contribution in [0.3, 0.4) is 0 Å². The van der Waals surface area contributed by atoms with E-state index in [9.17, 15) is 0 Å². The van der Waals surface area contributed by atoms with Gasteiger partial charge in [0, 0.05) is 18.0 Å². The zero-order valence-corrected chi connectivity index (χ0v) is 10.5. The summed E-state index contributed by atoms with van der Waals surface area (Å²) in [5.41, 5.74) is 5.74. The minimum Gasteiger partial charge on any atom is -0.338 e. The van der Waals surface area contributed by atoms with Crippen molar-refractivity contribution in [2.75, 3.05) is 7.05 Å².